The molecule has 0 radical (unpaired) electrons. The molecular formula is C22H14Cl2N2O2S. The summed E-state index contributed by atoms with van der Waals surface area (Å²) in [5, 5.41) is 0.776. The standard InChI is InChI=1S/C22H14Cl2N2O2S/c23-14-9-10-17(18(24)12-14)19-20(29-16-7-2-1-3-8-16)22(28)26(21(19)27)13-15-6-4-5-11-25-15/h1-12H,13H2. The molecule has 4 rings (SSSR count). The summed E-state index contributed by atoms with van der Waals surface area (Å²) >= 11 is 13.6. The van der Waals surface area contributed by atoms with Crippen LogP contribution in [0.25, 0.3) is 5.57 Å². The smallest absolute Gasteiger partial charge is 0.268 e. The molecule has 2 amide bonds. The molecule has 144 valence electrons. The van der Waals surface area contributed by atoms with E-state index in [1.54, 1.807) is 36.5 Å². The first-order valence-electron chi connectivity index (χ1n) is 8.73. The van der Waals surface area contributed by atoms with Gasteiger partial charge in [0.25, 0.3) is 11.8 Å². The Kier molecular flexibility index (Phi) is 5.72. The van der Waals surface area contributed by atoms with Gasteiger partial charge in [-0.3, -0.25) is 19.5 Å². The third-order valence-corrected chi connectivity index (χ3v) is 5.97. The highest BCUT2D eigenvalue weighted by Gasteiger charge is 2.40. The van der Waals surface area contributed by atoms with Crippen LogP contribution in [0, 0.1) is 0 Å². The van der Waals surface area contributed by atoms with Crippen LogP contribution in [0.15, 0.2) is 82.7 Å². The summed E-state index contributed by atoms with van der Waals surface area (Å²) in [5.74, 6) is -0.765. The van der Waals surface area contributed by atoms with Crippen molar-refractivity contribution in [1.82, 2.24) is 9.88 Å². The molecule has 0 unspecified atom stereocenters. The van der Waals surface area contributed by atoms with E-state index in [4.69, 9.17) is 23.2 Å². The summed E-state index contributed by atoms with van der Waals surface area (Å²) in [5.41, 5.74) is 1.39. The maximum Gasteiger partial charge on any atom is 0.268 e. The Hall–Kier alpha value is -2.60. The molecule has 1 aliphatic rings. The lowest BCUT2D eigenvalue weighted by atomic mass is 10.1. The number of halogens is 2. The maximum absolute atomic E-state index is 13.3. The molecule has 7 heteroatoms. The molecule has 1 aliphatic heterocycles. The van der Waals surface area contributed by atoms with Gasteiger partial charge in [0.1, 0.15) is 0 Å². The van der Waals surface area contributed by atoms with Crippen molar-refractivity contribution in [3.63, 3.8) is 0 Å². The van der Waals surface area contributed by atoms with E-state index in [0.29, 0.717) is 26.2 Å². The first-order valence-corrected chi connectivity index (χ1v) is 10.3. The Balaban J connectivity index is 1.78. The number of hydrogen-bond donors (Lipinski definition) is 0. The van der Waals surface area contributed by atoms with Crippen molar-refractivity contribution in [2.24, 2.45) is 0 Å². The van der Waals surface area contributed by atoms with E-state index < -0.39 is 5.91 Å². The van der Waals surface area contributed by atoms with Gasteiger partial charge in [-0.2, -0.15) is 0 Å². The molecule has 0 N–H and O–H groups in total. The van der Waals surface area contributed by atoms with E-state index in [9.17, 15) is 9.59 Å². The average Bonchev–Trinajstić information content (AvgIpc) is 2.94. The van der Waals surface area contributed by atoms with Crippen LogP contribution in [0.5, 0.6) is 0 Å². The predicted octanol–water partition coefficient (Wildman–Crippen LogP) is 5.46. The number of amides is 2. The van der Waals surface area contributed by atoms with Gasteiger partial charge in [0.15, 0.2) is 0 Å². The minimum atomic E-state index is -0.400. The average molecular weight is 441 g/mol. The topological polar surface area (TPSA) is 50.3 Å². The largest absolute Gasteiger partial charge is 0.269 e. The normalized spacial score (nSPS) is 14.1. The second-order valence-electron chi connectivity index (χ2n) is 6.26. The number of carbonyl (C=O) groups excluding carboxylic acids is 2. The predicted molar refractivity (Wildman–Crippen MR) is 115 cm³/mol. The van der Waals surface area contributed by atoms with Gasteiger partial charge in [-0.1, -0.05) is 65.3 Å². The van der Waals surface area contributed by atoms with Crippen molar-refractivity contribution in [1.29, 1.82) is 0 Å². The van der Waals surface area contributed by atoms with E-state index in [-0.39, 0.29) is 18.0 Å². The van der Waals surface area contributed by atoms with Gasteiger partial charge in [-0.15, -0.1) is 0 Å². The Bertz CT molecular complexity index is 1120. The lowest BCUT2D eigenvalue weighted by Gasteiger charge is -2.14. The van der Waals surface area contributed by atoms with Gasteiger partial charge in [0.2, 0.25) is 0 Å². The summed E-state index contributed by atoms with van der Waals surface area (Å²) in [7, 11) is 0. The van der Waals surface area contributed by atoms with Crippen LogP contribution in [0.3, 0.4) is 0 Å². The van der Waals surface area contributed by atoms with Gasteiger partial charge in [-0.25, -0.2) is 0 Å². The van der Waals surface area contributed by atoms with Gasteiger partial charge < -0.3 is 0 Å². The van der Waals surface area contributed by atoms with Crippen molar-refractivity contribution in [2.75, 3.05) is 0 Å². The monoisotopic (exact) mass is 440 g/mol. The molecule has 2 heterocycles. The Morgan fingerprint density at radius 1 is 0.897 bits per heavy atom. The van der Waals surface area contributed by atoms with E-state index >= 15 is 0 Å². The third kappa shape index (κ3) is 4.08. The quantitative estimate of drug-likeness (QED) is 0.494. The molecule has 0 atom stereocenters. The van der Waals surface area contributed by atoms with E-state index in [0.717, 1.165) is 4.90 Å². The van der Waals surface area contributed by atoms with E-state index in [1.807, 2.05) is 36.4 Å². The Morgan fingerprint density at radius 3 is 2.34 bits per heavy atom. The second-order valence-corrected chi connectivity index (χ2v) is 8.19. The summed E-state index contributed by atoms with van der Waals surface area (Å²) in [6.07, 6.45) is 1.63. The molecule has 0 fully saturated rings. The van der Waals surface area contributed by atoms with Crippen molar-refractivity contribution in [2.45, 2.75) is 11.4 Å². The highest BCUT2D eigenvalue weighted by Crippen LogP contribution is 2.42. The first kappa shape index (κ1) is 19.7. The second kappa shape index (κ2) is 8.41. The van der Waals surface area contributed by atoms with Crippen LogP contribution < -0.4 is 0 Å². The maximum atomic E-state index is 13.3. The summed E-state index contributed by atoms with van der Waals surface area (Å²) in [6.45, 7) is 0.0894. The number of benzene rings is 2. The van der Waals surface area contributed by atoms with Crippen LogP contribution in [0.4, 0.5) is 0 Å². The molecule has 4 nitrogen and oxygen atoms in total. The number of thioether (sulfide) groups is 1. The Labute approximate surface area is 182 Å². The number of pyridine rings is 1. The summed E-state index contributed by atoms with van der Waals surface area (Å²) < 4.78 is 0. The third-order valence-electron chi connectivity index (χ3n) is 4.34. The SMILES string of the molecule is O=C1C(Sc2ccccc2)=C(c2ccc(Cl)cc2Cl)C(=O)N1Cc1ccccn1. The molecule has 0 bridgehead atoms. The van der Waals surface area contributed by atoms with Crippen LogP contribution in [0.1, 0.15) is 11.3 Å². The van der Waals surface area contributed by atoms with Crippen molar-refractivity contribution in [3.8, 4) is 0 Å². The van der Waals surface area contributed by atoms with Gasteiger partial charge in [-0.05, 0) is 36.4 Å². The molecular weight excluding hydrogens is 427 g/mol. The lowest BCUT2D eigenvalue weighted by molar-refractivity contribution is -0.137. The zero-order valence-electron chi connectivity index (χ0n) is 15.0. The van der Waals surface area contributed by atoms with Crippen molar-refractivity contribution >= 4 is 52.4 Å². The summed E-state index contributed by atoms with van der Waals surface area (Å²) in [6, 6.07) is 19.7. The first-order chi connectivity index (χ1) is 14.0. The summed E-state index contributed by atoms with van der Waals surface area (Å²) in [4.78, 5) is 33.1. The van der Waals surface area contributed by atoms with Gasteiger partial charge in [0.05, 0.1) is 27.7 Å². The fourth-order valence-corrected chi connectivity index (χ4v) is 4.51. The number of carbonyl (C=O) groups is 2. The highest BCUT2D eigenvalue weighted by atomic mass is 35.5. The fourth-order valence-electron chi connectivity index (χ4n) is 2.98. The van der Waals surface area contributed by atoms with Crippen molar-refractivity contribution in [3.05, 3.63) is 99.1 Å². The molecule has 0 aliphatic carbocycles. The molecule has 1 aromatic heterocycles. The number of nitrogens with zero attached hydrogens (tertiary/aromatic N) is 2. The Morgan fingerprint density at radius 2 is 1.66 bits per heavy atom. The molecule has 29 heavy (non-hydrogen) atoms. The van der Waals surface area contributed by atoms with E-state index in [2.05, 4.69) is 4.98 Å². The number of imide groups is 1. The fraction of sp³-hybridized carbons (Fsp3) is 0.0455. The van der Waals surface area contributed by atoms with Crippen LogP contribution >= 0.6 is 35.0 Å². The van der Waals surface area contributed by atoms with Crippen molar-refractivity contribution < 1.29 is 9.59 Å². The molecule has 0 saturated carbocycles. The minimum absolute atomic E-state index is 0.0894. The van der Waals surface area contributed by atoms with Gasteiger partial charge >= 0.3 is 0 Å². The molecule has 3 aromatic rings. The number of hydrogen-bond acceptors (Lipinski definition) is 4. The molecule has 2 aromatic carbocycles. The number of rotatable bonds is 5. The molecule has 0 spiro atoms. The van der Waals surface area contributed by atoms with Crippen LogP contribution in [0.2, 0.25) is 10.0 Å². The number of aromatic nitrogens is 1. The zero-order chi connectivity index (χ0) is 20.4. The lowest BCUT2D eigenvalue weighted by Crippen LogP contribution is -2.31. The minimum Gasteiger partial charge on any atom is -0.269 e. The molecule has 0 saturated heterocycles. The van der Waals surface area contributed by atoms with Crippen LogP contribution in [-0.4, -0.2) is 21.7 Å². The van der Waals surface area contributed by atoms with Gasteiger partial charge in [0, 0.05) is 21.7 Å². The van der Waals surface area contributed by atoms with E-state index in [1.165, 1.54) is 16.7 Å². The zero-order valence-corrected chi connectivity index (χ0v) is 17.3. The highest BCUT2D eigenvalue weighted by molar-refractivity contribution is 8.04. The van der Waals surface area contributed by atoms with Crippen LogP contribution in [-0.2, 0) is 16.1 Å².